The summed E-state index contributed by atoms with van der Waals surface area (Å²) in [6.45, 7) is 3.77. The molecule has 1 amide bonds. The zero-order valence-electron chi connectivity index (χ0n) is 18.9. The van der Waals surface area contributed by atoms with Gasteiger partial charge in [0.2, 0.25) is 0 Å². The maximum Gasteiger partial charge on any atom is 0.252 e. The molecular formula is C22H26ClN3O4S4. The molecule has 7 nitrogen and oxygen atoms in total. The van der Waals surface area contributed by atoms with E-state index in [-0.39, 0.29) is 16.7 Å². The van der Waals surface area contributed by atoms with Gasteiger partial charge in [-0.25, -0.2) is 8.42 Å². The van der Waals surface area contributed by atoms with Gasteiger partial charge in [0.25, 0.3) is 15.9 Å². The number of fused-ring (bicyclic) bond motifs is 1. The van der Waals surface area contributed by atoms with Crippen LogP contribution in [0.2, 0.25) is 4.34 Å². The van der Waals surface area contributed by atoms with Crippen molar-refractivity contribution in [1.82, 2.24) is 8.87 Å². The van der Waals surface area contributed by atoms with Gasteiger partial charge in [-0.3, -0.25) is 4.79 Å². The number of halogens is 1. The van der Waals surface area contributed by atoms with Gasteiger partial charge < -0.3 is 9.30 Å². The van der Waals surface area contributed by atoms with Gasteiger partial charge in [-0.2, -0.15) is 21.1 Å². The number of rotatable bonds is 8. The highest BCUT2D eigenvalue weighted by Crippen LogP contribution is 2.31. The van der Waals surface area contributed by atoms with Crippen molar-refractivity contribution in [3.05, 3.63) is 39.5 Å². The van der Waals surface area contributed by atoms with E-state index in [2.05, 4.69) is 9.56 Å². The summed E-state index contributed by atoms with van der Waals surface area (Å²) in [5.41, 5.74) is 1.01. The number of piperidine rings is 1. The smallest absolute Gasteiger partial charge is 0.252 e. The molecule has 0 aliphatic carbocycles. The standard InChI is InChI=1S/C22H26ClN3O4S4/c1-3-30-16-6-7-17-18(13-16)32-22(26(17)11-12-31-2)24-21(27)15-5-4-10-25(14-15)34(28,29)20-9-8-19(23)33-20/h6-9,13,15H,3-5,10-12,14H2,1-2H3. The maximum absolute atomic E-state index is 13.2. The first-order valence-corrected chi connectivity index (χ1v) is 15.8. The second kappa shape index (κ2) is 11.1. The molecule has 4 rings (SSSR count). The zero-order chi connectivity index (χ0) is 24.3. The lowest BCUT2D eigenvalue weighted by Gasteiger charge is -2.29. The van der Waals surface area contributed by atoms with Crippen molar-refractivity contribution in [2.75, 3.05) is 31.7 Å². The number of sulfonamides is 1. The molecule has 0 bridgehead atoms. The van der Waals surface area contributed by atoms with Gasteiger partial charge >= 0.3 is 0 Å². The van der Waals surface area contributed by atoms with Crippen molar-refractivity contribution in [2.45, 2.75) is 30.5 Å². The Morgan fingerprint density at radius 3 is 2.82 bits per heavy atom. The van der Waals surface area contributed by atoms with E-state index in [4.69, 9.17) is 16.3 Å². The highest BCUT2D eigenvalue weighted by Gasteiger charge is 2.34. The molecule has 0 radical (unpaired) electrons. The molecule has 1 unspecified atom stereocenters. The van der Waals surface area contributed by atoms with Crippen LogP contribution in [0.3, 0.4) is 0 Å². The van der Waals surface area contributed by atoms with E-state index in [1.54, 1.807) is 17.8 Å². The van der Waals surface area contributed by atoms with Crippen molar-refractivity contribution in [3.63, 3.8) is 0 Å². The molecule has 184 valence electrons. The number of ether oxygens (including phenoxy) is 1. The first-order chi connectivity index (χ1) is 16.3. The van der Waals surface area contributed by atoms with Crippen LogP contribution in [0.1, 0.15) is 19.8 Å². The van der Waals surface area contributed by atoms with Crippen LogP contribution >= 0.6 is 46.0 Å². The van der Waals surface area contributed by atoms with Crippen molar-refractivity contribution in [1.29, 1.82) is 0 Å². The quantitative estimate of drug-likeness (QED) is 0.399. The van der Waals surface area contributed by atoms with Crippen LogP contribution < -0.4 is 9.54 Å². The van der Waals surface area contributed by atoms with Gasteiger partial charge in [-0.15, -0.1) is 11.3 Å². The number of carbonyl (C=O) groups excluding carboxylic acids is 1. The molecule has 1 aliphatic heterocycles. The lowest BCUT2D eigenvalue weighted by Crippen LogP contribution is -2.42. The number of nitrogens with zero attached hydrogens (tertiary/aromatic N) is 3. The molecular weight excluding hydrogens is 534 g/mol. The van der Waals surface area contributed by atoms with Gasteiger partial charge in [0.1, 0.15) is 9.96 Å². The van der Waals surface area contributed by atoms with Gasteiger partial charge in [-0.1, -0.05) is 22.9 Å². The normalized spacial score (nSPS) is 18.0. The SMILES string of the molecule is CCOc1ccc2c(c1)sc(=NC(=O)C1CCCN(S(=O)(=O)c3ccc(Cl)s3)C1)n2CCSC. The molecule has 0 N–H and O–H groups in total. The van der Waals surface area contributed by atoms with Crippen LogP contribution in [-0.4, -0.2) is 54.9 Å². The molecule has 2 aromatic heterocycles. The second-order valence-corrected chi connectivity index (χ2v) is 13.7. The number of thiazole rings is 1. The van der Waals surface area contributed by atoms with E-state index >= 15 is 0 Å². The van der Waals surface area contributed by atoms with E-state index in [0.29, 0.717) is 35.1 Å². The average Bonchev–Trinajstić information content (AvgIpc) is 3.41. The van der Waals surface area contributed by atoms with Crippen LogP contribution in [0.4, 0.5) is 0 Å². The number of thioether (sulfide) groups is 1. The molecule has 0 saturated carbocycles. The Labute approximate surface area is 216 Å². The zero-order valence-corrected chi connectivity index (χ0v) is 22.9. The van der Waals surface area contributed by atoms with Crippen molar-refractivity contribution in [2.24, 2.45) is 10.9 Å². The summed E-state index contributed by atoms with van der Waals surface area (Å²) >= 11 is 10.2. The molecule has 0 spiro atoms. The highest BCUT2D eigenvalue weighted by molar-refractivity contribution is 7.98. The van der Waals surface area contributed by atoms with Crippen molar-refractivity contribution >= 4 is 72.2 Å². The molecule has 1 atom stereocenters. The minimum atomic E-state index is -3.68. The van der Waals surface area contributed by atoms with E-state index in [0.717, 1.165) is 39.6 Å². The minimum Gasteiger partial charge on any atom is -0.494 e. The Morgan fingerprint density at radius 1 is 1.29 bits per heavy atom. The number of amides is 1. The van der Waals surface area contributed by atoms with Crippen molar-refractivity contribution in [3.8, 4) is 5.75 Å². The van der Waals surface area contributed by atoms with Crippen LogP contribution in [-0.2, 0) is 21.4 Å². The Morgan fingerprint density at radius 2 is 2.12 bits per heavy atom. The number of carbonyl (C=O) groups is 1. The summed E-state index contributed by atoms with van der Waals surface area (Å²) in [5.74, 6) is 0.919. The lowest BCUT2D eigenvalue weighted by atomic mass is 9.99. The fourth-order valence-electron chi connectivity index (χ4n) is 3.91. The van der Waals surface area contributed by atoms with Gasteiger partial charge in [0.15, 0.2) is 4.80 Å². The third-order valence-electron chi connectivity index (χ3n) is 5.57. The third kappa shape index (κ3) is 5.55. The summed E-state index contributed by atoms with van der Waals surface area (Å²) < 4.78 is 36.7. The number of thiophene rings is 1. The molecule has 3 heterocycles. The van der Waals surface area contributed by atoms with Crippen LogP contribution in [0, 0.1) is 5.92 Å². The van der Waals surface area contributed by atoms with E-state index in [9.17, 15) is 13.2 Å². The van der Waals surface area contributed by atoms with Gasteiger partial charge in [0.05, 0.1) is 27.1 Å². The molecule has 34 heavy (non-hydrogen) atoms. The fourth-order valence-corrected chi connectivity index (χ4v) is 8.52. The summed E-state index contributed by atoms with van der Waals surface area (Å²) in [6, 6.07) is 9.00. The number of aromatic nitrogens is 1. The number of hydrogen-bond acceptors (Lipinski definition) is 7. The van der Waals surface area contributed by atoms with Crippen LogP contribution in [0.15, 0.2) is 39.5 Å². The van der Waals surface area contributed by atoms with Crippen LogP contribution in [0.25, 0.3) is 10.2 Å². The Hall–Kier alpha value is -1.37. The maximum atomic E-state index is 13.2. The Kier molecular flexibility index (Phi) is 8.42. The predicted molar refractivity (Wildman–Crippen MR) is 141 cm³/mol. The minimum absolute atomic E-state index is 0.129. The van der Waals surface area contributed by atoms with Gasteiger partial charge in [-0.05, 0) is 56.4 Å². The average molecular weight is 560 g/mol. The third-order valence-corrected chi connectivity index (χ3v) is 10.8. The monoisotopic (exact) mass is 559 g/mol. The highest BCUT2D eigenvalue weighted by atomic mass is 35.5. The summed E-state index contributed by atoms with van der Waals surface area (Å²) in [6.07, 6.45) is 3.27. The summed E-state index contributed by atoms with van der Waals surface area (Å²) in [4.78, 5) is 18.3. The lowest BCUT2D eigenvalue weighted by molar-refractivity contribution is -0.122. The van der Waals surface area contributed by atoms with E-state index in [1.165, 1.54) is 21.7 Å². The topological polar surface area (TPSA) is 81.0 Å². The molecule has 1 aromatic carbocycles. The van der Waals surface area contributed by atoms with Crippen molar-refractivity contribution < 1.29 is 17.9 Å². The molecule has 1 fully saturated rings. The predicted octanol–water partition coefficient (Wildman–Crippen LogP) is 4.71. The number of benzene rings is 1. The Bertz CT molecular complexity index is 1350. The van der Waals surface area contributed by atoms with Crippen LogP contribution in [0.5, 0.6) is 5.75 Å². The molecule has 1 saturated heterocycles. The fraction of sp³-hybridized carbons (Fsp3) is 0.455. The van der Waals surface area contributed by atoms with E-state index in [1.807, 2.05) is 31.4 Å². The first-order valence-electron chi connectivity index (χ1n) is 10.9. The number of aryl methyl sites for hydroxylation is 1. The summed E-state index contributed by atoms with van der Waals surface area (Å²) in [5, 5.41) is 0. The summed E-state index contributed by atoms with van der Waals surface area (Å²) in [7, 11) is -3.68. The number of hydrogen-bond donors (Lipinski definition) is 0. The van der Waals surface area contributed by atoms with Gasteiger partial charge in [0, 0.05) is 25.4 Å². The second-order valence-electron chi connectivity index (χ2n) is 7.80. The molecule has 1 aliphatic rings. The van der Waals surface area contributed by atoms with E-state index < -0.39 is 15.9 Å². The molecule has 12 heteroatoms. The molecule has 3 aromatic rings. The largest absolute Gasteiger partial charge is 0.494 e. The Balaban J connectivity index is 1.62. The first kappa shape index (κ1) is 25.7.